The number of hydrogen-bond donors (Lipinski definition) is 2. The second kappa shape index (κ2) is 8.95. The average Bonchev–Trinajstić information content (AvgIpc) is 2.91. The number of aliphatic hydroxyl groups is 1. The van der Waals surface area contributed by atoms with E-state index >= 15 is 0 Å². The second-order valence-electron chi connectivity index (χ2n) is 5.59. The summed E-state index contributed by atoms with van der Waals surface area (Å²) in [4.78, 5) is 25.3. The number of unbranched alkanes of at least 4 members (excludes halogenated alkanes) is 3. The van der Waals surface area contributed by atoms with Crippen LogP contribution in [0.15, 0.2) is 0 Å². The number of carbonyl (C=O) groups is 2. The summed E-state index contributed by atoms with van der Waals surface area (Å²) in [5.74, 6) is -1.89. The standard InChI is InChI=1S/C15H27NO4/c1-2-3-4-5-9-16(10-11-17)14(18)12-7-6-8-13(12)15(19)20/h12-13,17H,2-11H2,1H3,(H,19,20). The lowest BCUT2D eigenvalue weighted by Crippen LogP contribution is -2.41. The van der Waals surface area contributed by atoms with Crippen molar-refractivity contribution in [3.05, 3.63) is 0 Å². The summed E-state index contributed by atoms with van der Waals surface area (Å²) in [6, 6.07) is 0. The summed E-state index contributed by atoms with van der Waals surface area (Å²) < 4.78 is 0. The third-order valence-corrected chi connectivity index (χ3v) is 4.11. The van der Waals surface area contributed by atoms with E-state index in [4.69, 9.17) is 5.11 Å². The van der Waals surface area contributed by atoms with Gasteiger partial charge in [0.25, 0.3) is 0 Å². The summed E-state index contributed by atoms with van der Waals surface area (Å²) in [5, 5.41) is 18.3. The van der Waals surface area contributed by atoms with E-state index in [0.717, 1.165) is 32.1 Å². The van der Waals surface area contributed by atoms with Crippen molar-refractivity contribution in [2.75, 3.05) is 19.7 Å². The highest BCUT2D eigenvalue weighted by Gasteiger charge is 2.39. The van der Waals surface area contributed by atoms with E-state index in [1.165, 1.54) is 0 Å². The highest BCUT2D eigenvalue weighted by atomic mass is 16.4. The van der Waals surface area contributed by atoms with Gasteiger partial charge in [-0.1, -0.05) is 32.6 Å². The number of aliphatic hydroxyl groups excluding tert-OH is 1. The van der Waals surface area contributed by atoms with Gasteiger partial charge < -0.3 is 15.1 Å². The smallest absolute Gasteiger partial charge is 0.307 e. The molecule has 116 valence electrons. The largest absolute Gasteiger partial charge is 0.481 e. The number of aliphatic carboxylic acids is 1. The van der Waals surface area contributed by atoms with E-state index in [1.54, 1.807) is 4.90 Å². The normalized spacial score (nSPS) is 21.9. The molecule has 5 nitrogen and oxygen atoms in total. The molecule has 0 saturated heterocycles. The number of carboxylic acids is 1. The second-order valence-corrected chi connectivity index (χ2v) is 5.59. The van der Waals surface area contributed by atoms with Crippen LogP contribution >= 0.6 is 0 Å². The lowest BCUT2D eigenvalue weighted by Gasteiger charge is -2.26. The van der Waals surface area contributed by atoms with Crippen LogP contribution in [0.5, 0.6) is 0 Å². The van der Waals surface area contributed by atoms with Gasteiger partial charge in [0.2, 0.25) is 5.91 Å². The first kappa shape index (κ1) is 17.0. The van der Waals surface area contributed by atoms with Crippen LogP contribution in [0.1, 0.15) is 51.9 Å². The quantitative estimate of drug-likeness (QED) is 0.634. The maximum Gasteiger partial charge on any atom is 0.307 e. The zero-order valence-electron chi connectivity index (χ0n) is 12.4. The Labute approximate surface area is 121 Å². The molecule has 1 aliphatic carbocycles. The molecule has 2 atom stereocenters. The van der Waals surface area contributed by atoms with Crippen molar-refractivity contribution in [1.29, 1.82) is 0 Å². The maximum atomic E-state index is 12.5. The number of amides is 1. The molecule has 0 heterocycles. The fourth-order valence-corrected chi connectivity index (χ4v) is 2.97. The lowest BCUT2D eigenvalue weighted by molar-refractivity contribution is -0.149. The predicted octanol–water partition coefficient (Wildman–Crippen LogP) is 1.89. The van der Waals surface area contributed by atoms with Crippen molar-refractivity contribution in [3.8, 4) is 0 Å². The topological polar surface area (TPSA) is 77.8 Å². The van der Waals surface area contributed by atoms with Gasteiger partial charge in [0.15, 0.2) is 0 Å². The van der Waals surface area contributed by atoms with Gasteiger partial charge in [-0.15, -0.1) is 0 Å². The van der Waals surface area contributed by atoms with Crippen LogP contribution in [0.3, 0.4) is 0 Å². The third-order valence-electron chi connectivity index (χ3n) is 4.11. The average molecular weight is 285 g/mol. The molecule has 0 aromatic rings. The van der Waals surface area contributed by atoms with E-state index in [-0.39, 0.29) is 12.5 Å². The van der Waals surface area contributed by atoms with E-state index in [1.807, 2.05) is 0 Å². The van der Waals surface area contributed by atoms with Crippen LogP contribution in [-0.2, 0) is 9.59 Å². The molecule has 1 amide bonds. The SMILES string of the molecule is CCCCCCN(CCO)C(=O)C1CCCC1C(=O)O. The van der Waals surface area contributed by atoms with Crippen LogP contribution < -0.4 is 0 Å². The highest BCUT2D eigenvalue weighted by molar-refractivity contribution is 5.85. The zero-order valence-corrected chi connectivity index (χ0v) is 12.4. The van der Waals surface area contributed by atoms with Gasteiger partial charge in [-0.05, 0) is 19.3 Å². The number of carbonyl (C=O) groups excluding carboxylic acids is 1. The molecule has 0 aromatic carbocycles. The lowest BCUT2D eigenvalue weighted by atomic mass is 9.94. The Balaban J connectivity index is 2.56. The van der Waals surface area contributed by atoms with Gasteiger partial charge in [-0.3, -0.25) is 9.59 Å². The first-order valence-electron chi connectivity index (χ1n) is 7.74. The Bertz CT molecular complexity index is 319. The van der Waals surface area contributed by atoms with Crippen molar-refractivity contribution in [2.45, 2.75) is 51.9 Å². The number of nitrogens with zero attached hydrogens (tertiary/aromatic N) is 1. The van der Waals surface area contributed by atoms with Gasteiger partial charge in [-0.25, -0.2) is 0 Å². The Morgan fingerprint density at radius 2 is 1.80 bits per heavy atom. The molecule has 2 unspecified atom stereocenters. The summed E-state index contributed by atoms with van der Waals surface area (Å²) in [7, 11) is 0. The fraction of sp³-hybridized carbons (Fsp3) is 0.867. The molecule has 0 aromatic heterocycles. The monoisotopic (exact) mass is 285 g/mol. The predicted molar refractivity (Wildman–Crippen MR) is 76.3 cm³/mol. The maximum absolute atomic E-state index is 12.5. The van der Waals surface area contributed by atoms with Crippen LogP contribution in [0.25, 0.3) is 0 Å². The Morgan fingerprint density at radius 3 is 2.40 bits per heavy atom. The molecular weight excluding hydrogens is 258 g/mol. The molecule has 2 N–H and O–H groups in total. The molecule has 1 fully saturated rings. The van der Waals surface area contributed by atoms with E-state index in [9.17, 15) is 14.7 Å². The Morgan fingerprint density at radius 1 is 1.10 bits per heavy atom. The molecule has 1 saturated carbocycles. The first-order valence-corrected chi connectivity index (χ1v) is 7.74. The third kappa shape index (κ3) is 4.78. The van der Waals surface area contributed by atoms with Gasteiger partial charge in [0.1, 0.15) is 0 Å². The number of carboxylic acid groups (broad SMARTS) is 1. The van der Waals surface area contributed by atoms with Crippen LogP contribution in [0.2, 0.25) is 0 Å². The molecular formula is C15H27NO4. The molecule has 0 bridgehead atoms. The zero-order chi connectivity index (χ0) is 15.0. The minimum absolute atomic E-state index is 0.0655. The molecule has 1 rings (SSSR count). The number of hydrogen-bond acceptors (Lipinski definition) is 3. The molecule has 1 aliphatic rings. The van der Waals surface area contributed by atoms with Gasteiger partial charge in [0, 0.05) is 13.1 Å². The molecule has 20 heavy (non-hydrogen) atoms. The minimum atomic E-state index is -0.865. The molecule has 0 radical (unpaired) electrons. The van der Waals surface area contributed by atoms with Crippen molar-refractivity contribution >= 4 is 11.9 Å². The van der Waals surface area contributed by atoms with E-state index in [2.05, 4.69) is 6.92 Å². The summed E-state index contributed by atoms with van der Waals surface area (Å²) in [5.41, 5.74) is 0. The Hall–Kier alpha value is -1.10. The van der Waals surface area contributed by atoms with E-state index in [0.29, 0.717) is 25.9 Å². The number of rotatable bonds is 9. The van der Waals surface area contributed by atoms with Crippen LogP contribution in [0.4, 0.5) is 0 Å². The summed E-state index contributed by atoms with van der Waals surface area (Å²) in [6.45, 7) is 3.01. The van der Waals surface area contributed by atoms with E-state index < -0.39 is 17.8 Å². The molecule has 0 aliphatic heterocycles. The van der Waals surface area contributed by atoms with Gasteiger partial charge >= 0.3 is 5.97 Å². The summed E-state index contributed by atoms with van der Waals surface area (Å²) >= 11 is 0. The van der Waals surface area contributed by atoms with Crippen molar-refractivity contribution in [3.63, 3.8) is 0 Å². The van der Waals surface area contributed by atoms with Crippen molar-refractivity contribution in [1.82, 2.24) is 4.90 Å². The minimum Gasteiger partial charge on any atom is -0.481 e. The fourth-order valence-electron chi connectivity index (χ4n) is 2.97. The van der Waals surface area contributed by atoms with Gasteiger partial charge in [0.05, 0.1) is 18.4 Å². The van der Waals surface area contributed by atoms with Crippen LogP contribution in [-0.4, -0.2) is 46.7 Å². The molecule has 5 heteroatoms. The first-order chi connectivity index (χ1) is 9.61. The van der Waals surface area contributed by atoms with Crippen molar-refractivity contribution in [2.24, 2.45) is 11.8 Å². The Kier molecular flexibility index (Phi) is 7.59. The van der Waals surface area contributed by atoms with Gasteiger partial charge in [-0.2, -0.15) is 0 Å². The van der Waals surface area contributed by atoms with Crippen LogP contribution in [0, 0.1) is 11.8 Å². The summed E-state index contributed by atoms with van der Waals surface area (Å²) in [6.07, 6.45) is 6.32. The van der Waals surface area contributed by atoms with Crippen molar-refractivity contribution < 1.29 is 19.8 Å². The molecule has 0 spiro atoms. The highest BCUT2D eigenvalue weighted by Crippen LogP contribution is 2.33.